The van der Waals surface area contributed by atoms with Crippen LogP contribution in [0.4, 0.5) is 10.5 Å². The summed E-state index contributed by atoms with van der Waals surface area (Å²) in [5.74, 6) is -0.0687. The molecule has 0 saturated carbocycles. The molecule has 0 atom stereocenters. The first-order valence-corrected chi connectivity index (χ1v) is 10.3. The smallest absolute Gasteiger partial charge is 0.315 e. The maximum atomic E-state index is 12.0. The topological polar surface area (TPSA) is 70.2 Å². The van der Waals surface area contributed by atoms with Crippen molar-refractivity contribution in [3.8, 4) is 0 Å². The average molecular weight is 396 g/mol. The van der Waals surface area contributed by atoms with Crippen molar-refractivity contribution in [3.05, 3.63) is 65.0 Å². The number of rotatable bonds is 7. The van der Waals surface area contributed by atoms with Gasteiger partial charge >= 0.3 is 6.03 Å². The molecule has 28 heavy (non-hydrogen) atoms. The van der Waals surface area contributed by atoms with Gasteiger partial charge in [-0.3, -0.25) is 4.79 Å². The molecule has 3 amide bonds. The fourth-order valence-electron chi connectivity index (χ4n) is 2.77. The summed E-state index contributed by atoms with van der Waals surface area (Å²) < 4.78 is 1.27. The number of carbonyl (C=O) groups excluding carboxylic acids is 2. The summed E-state index contributed by atoms with van der Waals surface area (Å²) in [5, 5.41) is 12.0. The zero-order valence-electron chi connectivity index (χ0n) is 16.1. The van der Waals surface area contributed by atoms with Crippen molar-refractivity contribution in [2.24, 2.45) is 5.92 Å². The number of amides is 3. The summed E-state index contributed by atoms with van der Waals surface area (Å²) in [6.45, 7) is 4.73. The Bertz CT molecular complexity index is 948. The first-order chi connectivity index (χ1) is 13.5. The van der Waals surface area contributed by atoms with Crippen LogP contribution >= 0.6 is 11.3 Å². The van der Waals surface area contributed by atoms with Crippen LogP contribution in [0, 0.1) is 5.92 Å². The average Bonchev–Trinajstić information content (AvgIpc) is 3.10. The predicted molar refractivity (Wildman–Crippen MR) is 116 cm³/mol. The number of urea groups is 1. The molecule has 6 heteroatoms. The lowest BCUT2D eigenvalue weighted by Gasteiger charge is -2.10. The molecule has 0 bridgehead atoms. The zero-order chi connectivity index (χ0) is 19.9. The van der Waals surface area contributed by atoms with E-state index < -0.39 is 0 Å². The quantitative estimate of drug-likeness (QED) is 0.550. The van der Waals surface area contributed by atoms with Crippen LogP contribution in [0.3, 0.4) is 0 Å². The number of benzene rings is 2. The van der Waals surface area contributed by atoms with Gasteiger partial charge in [-0.25, -0.2) is 4.79 Å². The molecule has 0 saturated heterocycles. The second-order valence-corrected chi connectivity index (χ2v) is 7.87. The maximum Gasteiger partial charge on any atom is 0.315 e. The molecule has 0 radical (unpaired) electrons. The number of nitrogens with one attached hydrogen (secondary N) is 3. The zero-order valence-corrected chi connectivity index (χ0v) is 16.9. The third kappa shape index (κ3) is 5.33. The largest absolute Gasteiger partial charge is 0.338 e. The van der Waals surface area contributed by atoms with Gasteiger partial charge in [0.25, 0.3) is 0 Å². The van der Waals surface area contributed by atoms with Gasteiger partial charge < -0.3 is 16.0 Å². The monoisotopic (exact) mass is 395 g/mol. The number of thiophene rings is 1. The lowest BCUT2D eigenvalue weighted by Crippen LogP contribution is -2.36. The van der Waals surface area contributed by atoms with Gasteiger partial charge in [0.15, 0.2) is 0 Å². The van der Waals surface area contributed by atoms with E-state index in [4.69, 9.17) is 0 Å². The Morgan fingerprint density at radius 3 is 2.50 bits per heavy atom. The summed E-state index contributed by atoms with van der Waals surface area (Å²) in [7, 11) is 0. The molecule has 0 unspecified atom stereocenters. The highest BCUT2D eigenvalue weighted by atomic mass is 32.1. The maximum absolute atomic E-state index is 12.0. The number of carbonyl (C=O) groups is 2. The first kappa shape index (κ1) is 19.9. The predicted octanol–water partition coefficient (Wildman–Crippen LogP) is 4.54. The minimum absolute atomic E-state index is 0.0105. The minimum Gasteiger partial charge on any atom is -0.338 e. The molecule has 0 fully saturated rings. The molecular weight excluding hydrogens is 370 g/mol. The van der Waals surface area contributed by atoms with Crippen molar-refractivity contribution < 1.29 is 9.59 Å². The van der Waals surface area contributed by atoms with Crippen molar-refractivity contribution in [1.29, 1.82) is 0 Å². The van der Waals surface area contributed by atoms with Crippen LogP contribution in [0.5, 0.6) is 0 Å². The summed E-state index contributed by atoms with van der Waals surface area (Å²) in [6.07, 6.45) is 0.807. The minimum atomic E-state index is -0.184. The normalized spacial score (nSPS) is 10.8. The molecule has 3 rings (SSSR count). The lowest BCUT2D eigenvalue weighted by molar-refractivity contribution is -0.118. The third-order valence-corrected chi connectivity index (χ3v) is 5.45. The van der Waals surface area contributed by atoms with Crippen molar-refractivity contribution in [1.82, 2.24) is 10.6 Å². The number of anilines is 1. The Labute approximate surface area is 169 Å². The van der Waals surface area contributed by atoms with E-state index in [2.05, 4.69) is 33.5 Å². The van der Waals surface area contributed by atoms with Gasteiger partial charge in [0.1, 0.15) is 0 Å². The van der Waals surface area contributed by atoms with Crippen molar-refractivity contribution in [3.63, 3.8) is 0 Å². The van der Waals surface area contributed by atoms with Gasteiger partial charge in [0.2, 0.25) is 5.91 Å². The first-order valence-electron chi connectivity index (χ1n) is 9.39. The van der Waals surface area contributed by atoms with Crippen LogP contribution in [-0.2, 0) is 17.8 Å². The molecule has 0 aliphatic carbocycles. The summed E-state index contributed by atoms with van der Waals surface area (Å²) in [4.78, 5) is 23.7. The molecule has 0 aliphatic rings. The third-order valence-electron chi connectivity index (χ3n) is 4.44. The van der Waals surface area contributed by atoms with E-state index in [1.165, 1.54) is 15.6 Å². The second kappa shape index (κ2) is 9.37. The number of hydrogen-bond acceptors (Lipinski definition) is 3. The summed E-state index contributed by atoms with van der Waals surface area (Å²) in [5.41, 5.74) is 3.00. The van der Waals surface area contributed by atoms with Gasteiger partial charge in [0.05, 0.1) is 0 Å². The van der Waals surface area contributed by atoms with Crippen molar-refractivity contribution in [2.75, 3.05) is 11.9 Å². The molecular formula is C22H25N3O2S. The van der Waals surface area contributed by atoms with E-state index in [9.17, 15) is 9.59 Å². The van der Waals surface area contributed by atoms with Gasteiger partial charge in [-0.15, -0.1) is 11.3 Å². The van der Waals surface area contributed by atoms with E-state index in [1.807, 2.05) is 50.2 Å². The van der Waals surface area contributed by atoms with Gasteiger partial charge in [-0.2, -0.15) is 0 Å². The molecule has 3 N–H and O–H groups in total. The molecule has 0 spiro atoms. The van der Waals surface area contributed by atoms with E-state index in [0.717, 1.165) is 17.7 Å². The highest BCUT2D eigenvalue weighted by Gasteiger charge is 2.07. The molecule has 5 nitrogen and oxygen atoms in total. The Hall–Kier alpha value is -2.86. The van der Waals surface area contributed by atoms with Crippen LogP contribution in [0.15, 0.2) is 53.9 Å². The van der Waals surface area contributed by atoms with Crippen LogP contribution in [-0.4, -0.2) is 18.5 Å². The molecule has 1 heterocycles. The molecule has 2 aromatic carbocycles. The van der Waals surface area contributed by atoms with Crippen molar-refractivity contribution >= 4 is 39.0 Å². The number of hydrogen-bond donors (Lipinski definition) is 3. The van der Waals surface area contributed by atoms with Gasteiger partial charge in [0, 0.05) is 29.4 Å². The highest BCUT2D eigenvalue weighted by Crippen LogP contribution is 2.25. The Balaban J connectivity index is 1.41. The van der Waals surface area contributed by atoms with Crippen LogP contribution in [0.1, 0.15) is 25.0 Å². The SMILES string of the molecule is CC(C)C(=O)Nc1ccc(CNC(=O)NCCc2csc3ccccc23)cc1. The van der Waals surface area contributed by atoms with Gasteiger partial charge in [-0.1, -0.05) is 44.2 Å². The van der Waals surface area contributed by atoms with Crippen LogP contribution in [0.2, 0.25) is 0 Å². The fourth-order valence-corrected chi connectivity index (χ4v) is 3.77. The second-order valence-electron chi connectivity index (χ2n) is 6.96. The van der Waals surface area contributed by atoms with E-state index in [1.54, 1.807) is 11.3 Å². The summed E-state index contributed by atoms with van der Waals surface area (Å²) in [6, 6.07) is 15.6. The van der Waals surface area contributed by atoms with Gasteiger partial charge in [-0.05, 0) is 46.5 Å². The van der Waals surface area contributed by atoms with Crippen molar-refractivity contribution in [2.45, 2.75) is 26.8 Å². The molecule has 3 aromatic rings. The Morgan fingerprint density at radius 2 is 1.75 bits per heavy atom. The van der Waals surface area contributed by atoms with E-state index >= 15 is 0 Å². The molecule has 146 valence electrons. The molecule has 0 aliphatic heterocycles. The standard InChI is InChI=1S/C22H25N3O2S/c1-15(2)21(26)25-18-9-7-16(8-10-18)13-24-22(27)23-12-11-17-14-28-20-6-4-3-5-19(17)20/h3-10,14-15H,11-13H2,1-2H3,(H,25,26)(H2,23,24,27). The highest BCUT2D eigenvalue weighted by molar-refractivity contribution is 7.17. The van der Waals surface area contributed by atoms with Crippen LogP contribution in [0.25, 0.3) is 10.1 Å². The molecule has 1 aromatic heterocycles. The summed E-state index contributed by atoms with van der Waals surface area (Å²) >= 11 is 1.73. The Morgan fingerprint density at radius 1 is 1.00 bits per heavy atom. The Kier molecular flexibility index (Phi) is 6.66. The number of fused-ring (bicyclic) bond motifs is 1. The fraction of sp³-hybridized carbons (Fsp3) is 0.273. The van der Waals surface area contributed by atoms with E-state index in [-0.39, 0.29) is 17.9 Å². The van der Waals surface area contributed by atoms with E-state index in [0.29, 0.717) is 13.1 Å². The lowest BCUT2D eigenvalue weighted by atomic mass is 10.1. The van der Waals surface area contributed by atoms with Crippen LogP contribution < -0.4 is 16.0 Å².